The van der Waals surface area contributed by atoms with Crippen LogP contribution in [-0.2, 0) is 6.54 Å². The SMILES string of the molecule is CC(C)c1ccc(CNC(C)(C)CCO)cc1. The molecule has 1 aromatic rings. The maximum atomic E-state index is 8.96. The Kier molecular flexibility index (Phi) is 5.16. The molecule has 2 heteroatoms. The van der Waals surface area contributed by atoms with E-state index in [1.807, 2.05) is 0 Å². The number of aliphatic hydroxyl groups excluding tert-OH is 1. The van der Waals surface area contributed by atoms with Gasteiger partial charge in [-0.3, -0.25) is 0 Å². The van der Waals surface area contributed by atoms with Gasteiger partial charge in [0.1, 0.15) is 0 Å². The fraction of sp³-hybridized carbons (Fsp3) is 0.600. The fourth-order valence-corrected chi connectivity index (χ4v) is 1.73. The van der Waals surface area contributed by atoms with Crippen LogP contribution in [0.4, 0.5) is 0 Å². The lowest BCUT2D eigenvalue weighted by Gasteiger charge is -2.25. The summed E-state index contributed by atoms with van der Waals surface area (Å²) >= 11 is 0. The van der Waals surface area contributed by atoms with Gasteiger partial charge in [-0.05, 0) is 37.3 Å². The third-order valence-electron chi connectivity index (χ3n) is 3.15. The maximum Gasteiger partial charge on any atom is 0.0448 e. The van der Waals surface area contributed by atoms with E-state index in [0.717, 1.165) is 13.0 Å². The molecule has 17 heavy (non-hydrogen) atoms. The second kappa shape index (κ2) is 6.18. The molecule has 2 nitrogen and oxygen atoms in total. The summed E-state index contributed by atoms with van der Waals surface area (Å²) in [4.78, 5) is 0. The van der Waals surface area contributed by atoms with Crippen LogP contribution in [0.15, 0.2) is 24.3 Å². The van der Waals surface area contributed by atoms with Crippen LogP contribution in [-0.4, -0.2) is 17.3 Å². The van der Waals surface area contributed by atoms with E-state index in [9.17, 15) is 0 Å². The highest BCUT2D eigenvalue weighted by Gasteiger charge is 2.15. The molecule has 0 aromatic heterocycles. The zero-order valence-electron chi connectivity index (χ0n) is 11.5. The third-order valence-corrected chi connectivity index (χ3v) is 3.15. The van der Waals surface area contributed by atoms with E-state index in [1.165, 1.54) is 11.1 Å². The largest absolute Gasteiger partial charge is 0.396 e. The van der Waals surface area contributed by atoms with Crippen molar-refractivity contribution in [2.24, 2.45) is 0 Å². The highest BCUT2D eigenvalue weighted by atomic mass is 16.3. The summed E-state index contributed by atoms with van der Waals surface area (Å²) in [5, 5.41) is 12.4. The number of aliphatic hydroxyl groups is 1. The summed E-state index contributed by atoms with van der Waals surface area (Å²) in [7, 11) is 0. The quantitative estimate of drug-likeness (QED) is 0.794. The Bertz CT molecular complexity index is 327. The summed E-state index contributed by atoms with van der Waals surface area (Å²) in [6, 6.07) is 8.75. The predicted octanol–water partition coefficient (Wildman–Crippen LogP) is 3.06. The normalized spacial score (nSPS) is 12.1. The first kappa shape index (κ1) is 14.2. The minimum atomic E-state index is -0.00846. The van der Waals surface area contributed by atoms with Crippen molar-refractivity contribution in [2.75, 3.05) is 6.61 Å². The van der Waals surface area contributed by atoms with Gasteiger partial charge >= 0.3 is 0 Å². The number of hydrogen-bond donors (Lipinski definition) is 2. The second-order valence-electron chi connectivity index (χ2n) is 5.61. The topological polar surface area (TPSA) is 32.3 Å². The molecule has 0 heterocycles. The molecule has 2 N–H and O–H groups in total. The lowest BCUT2D eigenvalue weighted by molar-refractivity contribution is 0.230. The van der Waals surface area contributed by atoms with E-state index < -0.39 is 0 Å². The van der Waals surface area contributed by atoms with Crippen LogP contribution in [0.2, 0.25) is 0 Å². The standard InChI is InChI=1S/C15H25NO/c1-12(2)14-7-5-13(6-8-14)11-16-15(3,4)9-10-17/h5-8,12,16-17H,9-11H2,1-4H3. The van der Waals surface area contributed by atoms with Gasteiger partial charge in [0.05, 0.1) is 0 Å². The molecule has 0 spiro atoms. The van der Waals surface area contributed by atoms with E-state index >= 15 is 0 Å². The van der Waals surface area contributed by atoms with Crippen LogP contribution < -0.4 is 5.32 Å². The maximum absolute atomic E-state index is 8.96. The molecule has 0 atom stereocenters. The molecule has 1 aromatic carbocycles. The van der Waals surface area contributed by atoms with Crippen LogP contribution in [0.1, 0.15) is 51.2 Å². The first-order valence-electron chi connectivity index (χ1n) is 6.39. The van der Waals surface area contributed by atoms with Crippen molar-refractivity contribution in [3.05, 3.63) is 35.4 Å². The van der Waals surface area contributed by atoms with Gasteiger partial charge in [0, 0.05) is 18.7 Å². The van der Waals surface area contributed by atoms with Crippen molar-refractivity contribution in [3.63, 3.8) is 0 Å². The number of hydrogen-bond acceptors (Lipinski definition) is 2. The van der Waals surface area contributed by atoms with Gasteiger partial charge in [0.2, 0.25) is 0 Å². The van der Waals surface area contributed by atoms with Gasteiger partial charge in [-0.25, -0.2) is 0 Å². The predicted molar refractivity (Wildman–Crippen MR) is 73.2 cm³/mol. The van der Waals surface area contributed by atoms with E-state index in [0.29, 0.717) is 5.92 Å². The molecule has 0 saturated carbocycles. The molecule has 0 bridgehead atoms. The van der Waals surface area contributed by atoms with E-state index in [4.69, 9.17) is 5.11 Å². The van der Waals surface area contributed by atoms with E-state index in [2.05, 4.69) is 57.3 Å². The summed E-state index contributed by atoms with van der Waals surface area (Å²) in [5.41, 5.74) is 2.66. The van der Waals surface area contributed by atoms with Crippen molar-refractivity contribution in [3.8, 4) is 0 Å². The van der Waals surface area contributed by atoms with Gasteiger partial charge < -0.3 is 10.4 Å². The van der Waals surface area contributed by atoms with Crippen molar-refractivity contribution in [1.82, 2.24) is 5.32 Å². The molecule has 0 aliphatic heterocycles. The van der Waals surface area contributed by atoms with E-state index in [-0.39, 0.29) is 12.1 Å². The van der Waals surface area contributed by atoms with Crippen LogP contribution in [0.25, 0.3) is 0 Å². The Hall–Kier alpha value is -0.860. The number of nitrogens with one attached hydrogen (secondary N) is 1. The molecule has 0 amide bonds. The Morgan fingerprint density at radius 1 is 1.18 bits per heavy atom. The molecule has 0 unspecified atom stereocenters. The minimum Gasteiger partial charge on any atom is -0.396 e. The zero-order valence-corrected chi connectivity index (χ0v) is 11.5. The molecular formula is C15H25NO. The zero-order chi connectivity index (χ0) is 12.9. The summed E-state index contributed by atoms with van der Waals surface area (Å²) in [5.74, 6) is 0.586. The molecule has 0 saturated heterocycles. The van der Waals surface area contributed by atoms with Gasteiger partial charge in [0.25, 0.3) is 0 Å². The average molecular weight is 235 g/mol. The number of benzene rings is 1. The van der Waals surface area contributed by atoms with Crippen molar-refractivity contribution < 1.29 is 5.11 Å². The molecule has 1 rings (SSSR count). The Morgan fingerprint density at radius 3 is 2.24 bits per heavy atom. The second-order valence-corrected chi connectivity index (χ2v) is 5.61. The van der Waals surface area contributed by atoms with Crippen LogP contribution in [0.5, 0.6) is 0 Å². The van der Waals surface area contributed by atoms with Gasteiger partial charge in [-0.2, -0.15) is 0 Å². The molecule has 96 valence electrons. The van der Waals surface area contributed by atoms with Crippen molar-refractivity contribution in [1.29, 1.82) is 0 Å². The Balaban J connectivity index is 2.52. The van der Waals surface area contributed by atoms with Crippen molar-refractivity contribution in [2.45, 2.75) is 52.1 Å². The fourth-order valence-electron chi connectivity index (χ4n) is 1.73. The summed E-state index contributed by atoms with van der Waals surface area (Å²) in [6.45, 7) is 9.73. The molecule has 0 fully saturated rings. The highest BCUT2D eigenvalue weighted by Crippen LogP contribution is 2.15. The first-order valence-corrected chi connectivity index (χ1v) is 6.39. The van der Waals surface area contributed by atoms with Gasteiger partial charge in [-0.15, -0.1) is 0 Å². The smallest absolute Gasteiger partial charge is 0.0448 e. The summed E-state index contributed by atoms with van der Waals surface area (Å²) in [6.07, 6.45) is 0.775. The molecule has 0 aliphatic carbocycles. The lowest BCUT2D eigenvalue weighted by Crippen LogP contribution is -2.39. The molecule has 0 radical (unpaired) electrons. The average Bonchev–Trinajstić information content (AvgIpc) is 2.27. The van der Waals surface area contributed by atoms with Gasteiger partial charge in [-0.1, -0.05) is 38.1 Å². The van der Waals surface area contributed by atoms with Crippen LogP contribution in [0, 0.1) is 0 Å². The summed E-state index contributed by atoms with van der Waals surface area (Å²) < 4.78 is 0. The van der Waals surface area contributed by atoms with Gasteiger partial charge in [0.15, 0.2) is 0 Å². The van der Waals surface area contributed by atoms with E-state index in [1.54, 1.807) is 0 Å². The molecule has 0 aliphatic rings. The van der Waals surface area contributed by atoms with Crippen LogP contribution in [0.3, 0.4) is 0 Å². The first-order chi connectivity index (χ1) is 7.94. The third kappa shape index (κ3) is 4.88. The Morgan fingerprint density at radius 2 is 1.76 bits per heavy atom. The minimum absolute atomic E-state index is 0.00846. The Labute approximate surface area is 105 Å². The lowest BCUT2D eigenvalue weighted by atomic mass is 9.99. The highest BCUT2D eigenvalue weighted by molar-refractivity contribution is 5.24. The van der Waals surface area contributed by atoms with Crippen LogP contribution >= 0.6 is 0 Å². The monoisotopic (exact) mass is 235 g/mol. The molecular weight excluding hydrogens is 210 g/mol. The number of rotatable bonds is 6. The van der Waals surface area contributed by atoms with Crippen molar-refractivity contribution >= 4 is 0 Å².